The lowest BCUT2D eigenvalue weighted by molar-refractivity contribution is 0.143. The Morgan fingerprint density at radius 1 is 0.917 bits per heavy atom. The number of halogens is 1. The van der Waals surface area contributed by atoms with Crippen molar-refractivity contribution < 1.29 is 4.74 Å². The van der Waals surface area contributed by atoms with Gasteiger partial charge >= 0.3 is 0 Å². The molecule has 12 heavy (non-hydrogen) atoms. The van der Waals surface area contributed by atoms with E-state index in [9.17, 15) is 0 Å². The molecule has 0 aromatic heterocycles. The van der Waals surface area contributed by atoms with Crippen LogP contribution in [0.3, 0.4) is 0 Å². The highest BCUT2D eigenvalue weighted by Gasteiger charge is 1.82. The molecule has 0 heterocycles. The van der Waals surface area contributed by atoms with Crippen LogP contribution >= 0.6 is 12.4 Å². The van der Waals surface area contributed by atoms with Crippen LogP contribution in [-0.2, 0) is 4.74 Å². The van der Waals surface area contributed by atoms with Crippen LogP contribution in [0.2, 0.25) is 0 Å². The van der Waals surface area contributed by atoms with E-state index in [0.717, 1.165) is 26.1 Å². The van der Waals surface area contributed by atoms with E-state index in [0.29, 0.717) is 0 Å². The van der Waals surface area contributed by atoms with Crippen LogP contribution in [-0.4, -0.2) is 13.2 Å². The van der Waals surface area contributed by atoms with E-state index >= 15 is 0 Å². The average Bonchev–Trinajstić information content (AvgIpc) is 2.03. The van der Waals surface area contributed by atoms with Gasteiger partial charge in [-0.25, -0.2) is 0 Å². The van der Waals surface area contributed by atoms with E-state index in [4.69, 9.17) is 4.74 Å². The van der Waals surface area contributed by atoms with Gasteiger partial charge in [-0.1, -0.05) is 24.3 Å². The summed E-state index contributed by atoms with van der Waals surface area (Å²) in [6, 6.07) is 0. The van der Waals surface area contributed by atoms with E-state index in [1.807, 2.05) is 13.8 Å². The van der Waals surface area contributed by atoms with Crippen molar-refractivity contribution in [2.75, 3.05) is 13.2 Å². The Morgan fingerprint density at radius 3 is 1.67 bits per heavy atom. The molecular formula is C10H19ClO. The Kier molecular flexibility index (Phi) is 15.8. The van der Waals surface area contributed by atoms with Crippen molar-refractivity contribution in [2.45, 2.75) is 26.7 Å². The Morgan fingerprint density at radius 2 is 1.33 bits per heavy atom. The normalized spacial score (nSPS) is 10.8. The van der Waals surface area contributed by atoms with Gasteiger partial charge < -0.3 is 4.74 Å². The second-order valence-corrected chi connectivity index (χ2v) is 2.33. The Labute approximate surface area is 81.9 Å². The van der Waals surface area contributed by atoms with Crippen molar-refractivity contribution in [2.24, 2.45) is 0 Å². The number of allylic oxidation sites excluding steroid dienone is 2. The maximum atomic E-state index is 5.34. The minimum atomic E-state index is 0. The predicted molar refractivity (Wildman–Crippen MR) is 56.9 cm³/mol. The number of hydrogen-bond donors (Lipinski definition) is 0. The van der Waals surface area contributed by atoms with Crippen LogP contribution in [0.5, 0.6) is 0 Å². The van der Waals surface area contributed by atoms with Gasteiger partial charge in [-0.15, -0.1) is 12.4 Å². The van der Waals surface area contributed by atoms with Crippen molar-refractivity contribution in [3.8, 4) is 0 Å². The van der Waals surface area contributed by atoms with Gasteiger partial charge in [0.2, 0.25) is 0 Å². The van der Waals surface area contributed by atoms with Gasteiger partial charge in [0.05, 0.1) is 13.2 Å². The van der Waals surface area contributed by atoms with Crippen LogP contribution < -0.4 is 0 Å². The molecular weight excluding hydrogens is 172 g/mol. The molecule has 0 rings (SSSR count). The Hall–Kier alpha value is -0.270. The number of hydrogen-bond acceptors (Lipinski definition) is 1. The molecule has 0 saturated carbocycles. The Balaban J connectivity index is 0. The summed E-state index contributed by atoms with van der Waals surface area (Å²) >= 11 is 0. The van der Waals surface area contributed by atoms with E-state index in [1.54, 1.807) is 0 Å². The zero-order valence-electron chi connectivity index (χ0n) is 7.95. The van der Waals surface area contributed by atoms with Crippen LogP contribution in [0.25, 0.3) is 0 Å². The van der Waals surface area contributed by atoms with Gasteiger partial charge in [-0.05, 0) is 26.7 Å². The molecule has 2 heteroatoms. The summed E-state index contributed by atoms with van der Waals surface area (Å²) in [5.41, 5.74) is 0. The first kappa shape index (κ1) is 14.3. The number of ether oxygens (including phenoxy) is 1. The first-order chi connectivity index (χ1) is 5.41. The van der Waals surface area contributed by atoms with Crippen LogP contribution in [0, 0.1) is 0 Å². The summed E-state index contributed by atoms with van der Waals surface area (Å²) < 4.78 is 5.34. The molecule has 0 N–H and O–H groups in total. The van der Waals surface area contributed by atoms with Gasteiger partial charge in [0.15, 0.2) is 0 Å². The molecule has 0 unspecified atom stereocenters. The zero-order chi connectivity index (χ0) is 8.36. The fourth-order valence-corrected chi connectivity index (χ4v) is 0.738. The number of rotatable bonds is 6. The summed E-state index contributed by atoms with van der Waals surface area (Å²) in [6.45, 7) is 5.75. The molecule has 0 bridgehead atoms. The predicted octanol–water partition coefficient (Wildman–Crippen LogP) is 3.36. The fourth-order valence-electron chi connectivity index (χ4n) is 0.738. The van der Waals surface area contributed by atoms with Gasteiger partial charge in [-0.3, -0.25) is 0 Å². The van der Waals surface area contributed by atoms with Gasteiger partial charge in [-0.2, -0.15) is 0 Å². The molecule has 0 fully saturated rings. The second-order valence-electron chi connectivity index (χ2n) is 2.33. The van der Waals surface area contributed by atoms with Crippen molar-refractivity contribution in [3.63, 3.8) is 0 Å². The third-order valence-corrected chi connectivity index (χ3v) is 1.33. The first-order valence-corrected chi connectivity index (χ1v) is 4.22. The topological polar surface area (TPSA) is 9.23 Å². The van der Waals surface area contributed by atoms with Crippen molar-refractivity contribution in [1.82, 2.24) is 0 Å². The van der Waals surface area contributed by atoms with Crippen LogP contribution in [0.15, 0.2) is 24.3 Å². The summed E-state index contributed by atoms with van der Waals surface area (Å²) in [7, 11) is 0. The van der Waals surface area contributed by atoms with Crippen LogP contribution in [0.1, 0.15) is 26.7 Å². The second kappa shape index (κ2) is 13.3. The lowest BCUT2D eigenvalue weighted by Crippen LogP contribution is -1.93. The lowest BCUT2D eigenvalue weighted by Gasteiger charge is -1.97. The summed E-state index contributed by atoms with van der Waals surface area (Å²) in [5.74, 6) is 0. The molecule has 0 amide bonds. The van der Waals surface area contributed by atoms with Gasteiger partial charge in [0.1, 0.15) is 0 Å². The molecule has 0 aliphatic heterocycles. The molecule has 0 radical (unpaired) electrons. The highest BCUT2D eigenvalue weighted by atomic mass is 35.5. The minimum absolute atomic E-state index is 0. The van der Waals surface area contributed by atoms with Gasteiger partial charge in [0, 0.05) is 0 Å². The quantitative estimate of drug-likeness (QED) is 0.461. The van der Waals surface area contributed by atoms with Crippen molar-refractivity contribution >= 4 is 12.4 Å². The largest absolute Gasteiger partial charge is 0.381 e. The van der Waals surface area contributed by atoms with E-state index in [2.05, 4.69) is 24.3 Å². The molecule has 0 atom stereocenters. The summed E-state index contributed by atoms with van der Waals surface area (Å²) in [6.07, 6.45) is 10.4. The fraction of sp³-hybridized carbons (Fsp3) is 0.600. The first-order valence-electron chi connectivity index (χ1n) is 4.22. The van der Waals surface area contributed by atoms with Crippen molar-refractivity contribution in [3.05, 3.63) is 24.3 Å². The standard InChI is InChI=1S/C10H18O.ClH/c1-3-5-7-9-11-10-8-6-4-2;/h3-6H,7-10H2,1-2H3;1H. The van der Waals surface area contributed by atoms with E-state index in [1.165, 1.54) is 0 Å². The van der Waals surface area contributed by atoms with Crippen molar-refractivity contribution in [1.29, 1.82) is 0 Å². The molecule has 0 aliphatic rings. The molecule has 0 saturated heterocycles. The average molecular weight is 191 g/mol. The molecule has 1 nitrogen and oxygen atoms in total. The molecule has 0 spiro atoms. The monoisotopic (exact) mass is 190 g/mol. The maximum Gasteiger partial charge on any atom is 0.0500 e. The molecule has 0 aliphatic carbocycles. The third-order valence-electron chi connectivity index (χ3n) is 1.33. The molecule has 0 aromatic rings. The highest BCUT2D eigenvalue weighted by Crippen LogP contribution is 1.88. The molecule has 72 valence electrons. The third kappa shape index (κ3) is 12.4. The highest BCUT2D eigenvalue weighted by molar-refractivity contribution is 5.85. The maximum absolute atomic E-state index is 5.34. The van der Waals surface area contributed by atoms with E-state index < -0.39 is 0 Å². The SMILES string of the molecule is CC=CCCOCCC=CC.Cl. The van der Waals surface area contributed by atoms with Gasteiger partial charge in [0.25, 0.3) is 0 Å². The summed E-state index contributed by atoms with van der Waals surface area (Å²) in [5, 5.41) is 0. The summed E-state index contributed by atoms with van der Waals surface area (Å²) in [4.78, 5) is 0. The minimum Gasteiger partial charge on any atom is -0.381 e. The molecule has 0 aromatic carbocycles. The lowest BCUT2D eigenvalue weighted by atomic mass is 10.4. The van der Waals surface area contributed by atoms with Crippen LogP contribution in [0.4, 0.5) is 0 Å². The zero-order valence-corrected chi connectivity index (χ0v) is 8.77. The van der Waals surface area contributed by atoms with E-state index in [-0.39, 0.29) is 12.4 Å². The Bertz CT molecular complexity index is 105. The smallest absolute Gasteiger partial charge is 0.0500 e.